The second-order valence-electron chi connectivity index (χ2n) is 10.5. The molecule has 4 aromatic rings. The third-order valence-corrected chi connectivity index (χ3v) is 8.41. The maximum atomic E-state index is 14.1. The van der Waals surface area contributed by atoms with Gasteiger partial charge in [-0.1, -0.05) is 23.5 Å². The highest BCUT2D eigenvalue weighted by atomic mass is 32.1. The number of nitrogens with zero attached hydrogens (tertiary/aromatic N) is 3. The number of rotatable bonds is 13. The van der Waals surface area contributed by atoms with Gasteiger partial charge in [-0.15, -0.1) is 0 Å². The predicted molar refractivity (Wildman–Crippen MR) is 180 cm³/mol. The molecule has 1 aromatic heterocycles. The zero-order chi connectivity index (χ0) is 34.4. The van der Waals surface area contributed by atoms with Crippen molar-refractivity contribution in [2.24, 2.45) is 4.99 Å². The maximum Gasteiger partial charge on any atom is 0.338 e. The Hall–Kier alpha value is -5.43. The van der Waals surface area contributed by atoms with E-state index in [2.05, 4.69) is 4.99 Å². The van der Waals surface area contributed by atoms with Crippen molar-refractivity contribution < 1.29 is 33.4 Å². The summed E-state index contributed by atoms with van der Waals surface area (Å²) in [4.78, 5) is 43.0. The average molecular weight is 674 g/mol. The minimum atomic E-state index is -0.818. The number of benzene rings is 3. The number of non-ortho nitro benzene ring substituents is 1. The molecule has 0 spiro atoms. The van der Waals surface area contributed by atoms with Crippen LogP contribution in [0.25, 0.3) is 6.08 Å². The highest BCUT2D eigenvalue weighted by Crippen LogP contribution is 2.36. The molecule has 0 aliphatic carbocycles. The molecular weight excluding hydrogens is 638 g/mol. The molecule has 0 amide bonds. The SMILES string of the molecule is CCOC(=O)C1=C(C)N=c2s/c(=C\c3ccc(OCc4ccc([N+](=O)[O-])cc4)c(OCC)c3)c(=O)n2[C@@H]1c1ccc(OC)c(OCC)c1. The predicted octanol–water partition coefficient (Wildman–Crippen LogP) is 5.09. The Balaban J connectivity index is 1.55. The third kappa shape index (κ3) is 7.10. The van der Waals surface area contributed by atoms with Crippen LogP contribution in [0, 0.1) is 10.1 Å². The lowest BCUT2D eigenvalue weighted by Gasteiger charge is -2.25. The quantitative estimate of drug-likeness (QED) is 0.108. The monoisotopic (exact) mass is 673 g/mol. The van der Waals surface area contributed by atoms with Crippen molar-refractivity contribution in [3.63, 3.8) is 0 Å². The number of carbonyl (C=O) groups is 1. The van der Waals surface area contributed by atoms with E-state index in [9.17, 15) is 19.7 Å². The van der Waals surface area contributed by atoms with E-state index in [0.29, 0.717) is 62.4 Å². The van der Waals surface area contributed by atoms with Crippen LogP contribution < -0.4 is 33.8 Å². The summed E-state index contributed by atoms with van der Waals surface area (Å²) in [6.07, 6.45) is 1.74. The van der Waals surface area contributed by atoms with E-state index in [0.717, 1.165) is 5.56 Å². The number of hydrogen-bond donors (Lipinski definition) is 0. The summed E-state index contributed by atoms with van der Waals surface area (Å²) < 4.78 is 30.4. The van der Waals surface area contributed by atoms with Crippen molar-refractivity contribution >= 4 is 29.1 Å². The molecule has 0 saturated carbocycles. The number of methoxy groups -OCH3 is 1. The van der Waals surface area contributed by atoms with Gasteiger partial charge in [-0.05, 0) is 86.9 Å². The van der Waals surface area contributed by atoms with E-state index in [1.807, 2.05) is 13.8 Å². The molecule has 1 atom stereocenters. The van der Waals surface area contributed by atoms with Crippen LogP contribution in [0.2, 0.25) is 0 Å². The van der Waals surface area contributed by atoms with Crippen LogP contribution in [0.5, 0.6) is 23.0 Å². The first kappa shape index (κ1) is 33.9. The van der Waals surface area contributed by atoms with Gasteiger partial charge in [0.05, 0.1) is 53.7 Å². The van der Waals surface area contributed by atoms with E-state index in [4.69, 9.17) is 23.7 Å². The van der Waals surface area contributed by atoms with Crippen LogP contribution >= 0.6 is 11.3 Å². The third-order valence-electron chi connectivity index (χ3n) is 7.43. The van der Waals surface area contributed by atoms with Crippen molar-refractivity contribution in [1.82, 2.24) is 4.57 Å². The smallest absolute Gasteiger partial charge is 0.338 e. The maximum absolute atomic E-state index is 14.1. The standard InChI is InChI=1S/C35H35N3O9S/c1-6-44-28-17-23(11-15-27(28)47-20-22-9-13-25(14-10-22)38(41)42)18-30-33(39)37-32(24-12-16-26(43-5)29(19-24)45-7-2)31(34(40)46-8-3)21(4)36-35(37)48-30/h9-19,32H,6-8,20H2,1-5H3/b30-18-/t32-/m1/s1. The highest BCUT2D eigenvalue weighted by molar-refractivity contribution is 7.07. The largest absolute Gasteiger partial charge is 0.493 e. The number of allylic oxidation sites excluding steroid dienone is 1. The lowest BCUT2D eigenvalue weighted by atomic mass is 9.95. The summed E-state index contributed by atoms with van der Waals surface area (Å²) in [7, 11) is 1.54. The second kappa shape index (κ2) is 15.0. The normalized spacial score (nSPS) is 14.2. The summed E-state index contributed by atoms with van der Waals surface area (Å²) in [6, 6.07) is 15.9. The van der Waals surface area contributed by atoms with Gasteiger partial charge in [0.15, 0.2) is 27.8 Å². The van der Waals surface area contributed by atoms with Gasteiger partial charge in [-0.2, -0.15) is 0 Å². The minimum absolute atomic E-state index is 0.00115. The first-order valence-corrected chi connectivity index (χ1v) is 16.1. The van der Waals surface area contributed by atoms with Gasteiger partial charge in [0, 0.05) is 12.1 Å². The fraction of sp³-hybridized carbons (Fsp3) is 0.286. The molecule has 0 saturated heterocycles. The van der Waals surface area contributed by atoms with E-state index in [1.54, 1.807) is 75.6 Å². The Morgan fingerprint density at radius 2 is 1.62 bits per heavy atom. The molecule has 5 rings (SSSR count). The summed E-state index contributed by atoms with van der Waals surface area (Å²) in [5.74, 6) is 1.40. The molecule has 0 radical (unpaired) electrons. The summed E-state index contributed by atoms with van der Waals surface area (Å²) in [5.41, 5.74) is 2.46. The van der Waals surface area contributed by atoms with Gasteiger partial charge >= 0.3 is 5.97 Å². The molecule has 13 heteroatoms. The number of nitro groups is 1. The van der Waals surface area contributed by atoms with Gasteiger partial charge in [0.1, 0.15) is 6.61 Å². The number of thiazole rings is 1. The molecule has 0 fully saturated rings. The Morgan fingerprint density at radius 1 is 0.938 bits per heavy atom. The van der Waals surface area contributed by atoms with Gasteiger partial charge in [0.25, 0.3) is 11.2 Å². The second-order valence-corrected chi connectivity index (χ2v) is 11.5. The fourth-order valence-corrected chi connectivity index (χ4v) is 6.31. The molecular formula is C35H35N3O9S. The minimum Gasteiger partial charge on any atom is -0.493 e. The molecule has 2 heterocycles. The molecule has 1 aliphatic rings. The number of aromatic nitrogens is 1. The Morgan fingerprint density at radius 3 is 2.27 bits per heavy atom. The summed E-state index contributed by atoms with van der Waals surface area (Å²) >= 11 is 1.21. The van der Waals surface area contributed by atoms with Crippen LogP contribution in [-0.2, 0) is 16.1 Å². The number of esters is 1. The van der Waals surface area contributed by atoms with Crippen molar-refractivity contribution in [2.75, 3.05) is 26.9 Å². The van der Waals surface area contributed by atoms with Crippen molar-refractivity contribution in [2.45, 2.75) is 40.3 Å². The fourth-order valence-electron chi connectivity index (χ4n) is 5.27. The first-order chi connectivity index (χ1) is 23.2. The van der Waals surface area contributed by atoms with E-state index >= 15 is 0 Å². The van der Waals surface area contributed by atoms with Crippen molar-refractivity contribution in [3.8, 4) is 23.0 Å². The van der Waals surface area contributed by atoms with E-state index in [1.165, 1.54) is 28.0 Å². The van der Waals surface area contributed by atoms with Gasteiger partial charge in [0.2, 0.25) is 0 Å². The van der Waals surface area contributed by atoms with Crippen LogP contribution in [0.1, 0.15) is 50.4 Å². The van der Waals surface area contributed by atoms with Gasteiger partial charge < -0.3 is 23.7 Å². The van der Waals surface area contributed by atoms with Crippen molar-refractivity contribution in [3.05, 3.63) is 118 Å². The van der Waals surface area contributed by atoms with Crippen LogP contribution in [0.4, 0.5) is 5.69 Å². The van der Waals surface area contributed by atoms with E-state index in [-0.39, 0.29) is 30.0 Å². The summed E-state index contributed by atoms with van der Waals surface area (Å²) in [5, 5.41) is 11.0. The zero-order valence-corrected chi connectivity index (χ0v) is 28.0. The molecule has 0 N–H and O–H groups in total. The van der Waals surface area contributed by atoms with Crippen LogP contribution in [-0.4, -0.2) is 42.4 Å². The molecule has 12 nitrogen and oxygen atoms in total. The topological polar surface area (TPSA) is 141 Å². The Labute approximate surface area is 280 Å². The lowest BCUT2D eigenvalue weighted by molar-refractivity contribution is -0.384. The molecule has 0 unspecified atom stereocenters. The van der Waals surface area contributed by atoms with Gasteiger partial charge in [-0.25, -0.2) is 9.79 Å². The Kier molecular flexibility index (Phi) is 10.6. The lowest BCUT2D eigenvalue weighted by Crippen LogP contribution is -2.40. The van der Waals surface area contributed by atoms with Crippen LogP contribution in [0.3, 0.4) is 0 Å². The Bertz CT molecular complexity index is 2050. The molecule has 48 heavy (non-hydrogen) atoms. The average Bonchev–Trinajstić information content (AvgIpc) is 3.37. The first-order valence-electron chi connectivity index (χ1n) is 15.3. The zero-order valence-electron chi connectivity index (χ0n) is 27.2. The summed E-state index contributed by atoms with van der Waals surface area (Å²) in [6.45, 7) is 8.27. The van der Waals surface area contributed by atoms with Crippen LogP contribution in [0.15, 0.2) is 81.7 Å². The number of carbonyl (C=O) groups excluding carboxylic acids is 1. The number of hydrogen-bond acceptors (Lipinski definition) is 11. The highest BCUT2D eigenvalue weighted by Gasteiger charge is 2.34. The molecule has 1 aliphatic heterocycles. The molecule has 3 aromatic carbocycles. The number of ether oxygens (including phenoxy) is 5. The molecule has 0 bridgehead atoms. The number of fused-ring (bicyclic) bond motifs is 1. The van der Waals surface area contributed by atoms with Gasteiger partial charge in [-0.3, -0.25) is 19.5 Å². The van der Waals surface area contributed by atoms with Crippen molar-refractivity contribution in [1.29, 1.82) is 0 Å². The molecule has 250 valence electrons. The number of nitro benzene ring substituents is 1. The van der Waals surface area contributed by atoms with E-state index < -0.39 is 16.9 Å².